The second-order valence-electron chi connectivity index (χ2n) is 3.26. The minimum atomic E-state index is -0.591. The van der Waals surface area contributed by atoms with Crippen LogP contribution in [0.4, 0.5) is 0 Å². The Bertz CT molecular complexity index is 425. The summed E-state index contributed by atoms with van der Waals surface area (Å²) < 4.78 is 0. The molecule has 1 unspecified atom stereocenters. The Morgan fingerprint density at radius 2 is 2.21 bits per heavy atom. The first-order valence-corrected chi connectivity index (χ1v) is 4.53. The molecule has 0 radical (unpaired) electrons. The number of phenolic OH excluding ortho intramolecular Hbond substituents is 1. The van der Waals surface area contributed by atoms with Crippen LogP contribution in [0, 0.1) is 0 Å². The molecule has 0 saturated carbocycles. The van der Waals surface area contributed by atoms with E-state index in [-0.39, 0.29) is 18.0 Å². The zero-order valence-electron chi connectivity index (χ0n) is 7.16. The van der Waals surface area contributed by atoms with Gasteiger partial charge >= 0.3 is 0 Å². The topological polar surface area (TPSA) is 54.4 Å². The van der Waals surface area contributed by atoms with Gasteiger partial charge in [0.15, 0.2) is 5.78 Å². The second-order valence-corrected chi connectivity index (χ2v) is 3.63. The third-order valence-electron chi connectivity index (χ3n) is 2.37. The maximum absolute atomic E-state index is 11.4. The summed E-state index contributed by atoms with van der Waals surface area (Å²) in [6.45, 7) is 0. The number of aromatic hydroxyl groups is 1. The molecule has 4 heteroatoms. The summed E-state index contributed by atoms with van der Waals surface area (Å²) in [5.74, 6) is -0.647. The molecule has 0 heterocycles. The first-order chi connectivity index (χ1) is 6.59. The zero-order chi connectivity index (χ0) is 10.3. The summed E-state index contributed by atoms with van der Waals surface area (Å²) in [6.07, 6.45) is 0.112. The van der Waals surface area contributed by atoms with Gasteiger partial charge in [-0.05, 0) is 35.4 Å². The predicted molar refractivity (Wildman–Crippen MR) is 50.7 cm³/mol. The van der Waals surface area contributed by atoms with Gasteiger partial charge in [-0.2, -0.15) is 0 Å². The number of Topliss-reactive ketones (excluding diaryl/α,β-unsaturated/α-hetero) is 1. The molecule has 14 heavy (non-hydrogen) atoms. The number of benzene rings is 1. The lowest BCUT2D eigenvalue weighted by molar-refractivity contribution is -0.112. The van der Waals surface area contributed by atoms with Crippen molar-refractivity contribution in [1.82, 2.24) is 0 Å². The fourth-order valence-electron chi connectivity index (χ4n) is 1.70. The number of hydrogen-bond donors (Lipinski definition) is 1. The highest BCUT2D eigenvalue weighted by atomic mass is 35.5. The summed E-state index contributed by atoms with van der Waals surface area (Å²) in [5, 5.41) is 8.66. The van der Waals surface area contributed by atoms with E-state index in [4.69, 9.17) is 11.6 Å². The lowest BCUT2D eigenvalue weighted by Crippen LogP contribution is -2.02. The highest BCUT2D eigenvalue weighted by Gasteiger charge is 2.33. The van der Waals surface area contributed by atoms with Crippen molar-refractivity contribution < 1.29 is 14.7 Å². The Morgan fingerprint density at radius 3 is 2.86 bits per heavy atom. The van der Waals surface area contributed by atoms with Gasteiger partial charge < -0.3 is 5.11 Å². The number of phenols is 1. The average molecular weight is 211 g/mol. The van der Waals surface area contributed by atoms with Crippen molar-refractivity contribution in [3.05, 3.63) is 29.3 Å². The molecule has 0 amide bonds. The maximum atomic E-state index is 11.4. The zero-order valence-corrected chi connectivity index (χ0v) is 7.91. The van der Waals surface area contributed by atoms with Gasteiger partial charge in [-0.3, -0.25) is 9.59 Å². The Morgan fingerprint density at radius 1 is 1.50 bits per heavy atom. The Hall–Kier alpha value is -1.35. The molecule has 1 N–H and O–H groups in total. The minimum absolute atomic E-state index is 0.0429. The number of ketones is 1. The van der Waals surface area contributed by atoms with Crippen LogP contribution in [0.2, 0.25) is 0 Å². The smallest absolute Gasteiger partial charge is 0.229 e. The summed E-state index contributed by atoms with van der Waals surface area (Å²) in [4.78, 5) is 22.4. The molecule has 3 nitrogen and oxygen atoms in total. The molecular formula is C10H7ClO3. The fraction of sp³-hybridized carbons (Fsp3) is 0.200. The Labute approximate surface area is 85.3 Å². The number of carbonyl (C=O) groups excluding carboxylic acids is 2. The summed E-state index contributed by atoms with van der Waals surface area (Å²) in [6, 6.07) is 4.37. The Kier molecular flexibility index (Phi) is 2.04. The number of rotatable bonds is 1. The normalized spacial score (nSPS) is 19.5. The van der Waals surface area contributed by atoms with Crippen molar-refractivity contribution in [2.24, 2.45) is 0 Å². The third-order valence-corrected chi connectivity index (χ3v) is 2.64. The van der Waals surface area contributed by atoms with E-state index in [9.17, 15) is 14.7 Å². The maximum Gasteiger partial charge on any atom is 0.229 e. The molecule has 0 bridgehead atoms. The van der Waals surface area contributed by atoms with Crippen molar-refractivity contribution in [2.45, 2.75) is 12.3 Å². The molecule has 1 aromatic rings. The molecule has 1 atom stereocenters. The summed E-state index contributed by atoms with van der Waals surface area (Å²) in [5.41, 5.74) is 1.02. The van der Waals surface area contributed by atoms with Gasteiger partial charge in [0.2, 0.25) is 5.24 Å². The molecule has 1 aliphatic rings. The SMILES string of the molecule is O=C1CC(C(=O)Cl)c2cc(O)ccc21. The van der Waals surface area contributed by atoms with Gasteiger partial charge in [0.05, 0.1) is 5.92 Å². The van der Waals surface area contributed by atoms with Crippen LogP contribution in [-0.4, -0.2) is 16.1 Å². The third kappa shape index (κ3) is 1.30. The predicted octanol–water partition coefficient (Wildman–Crippen LogP) is 1.83. The fourth-order valence-corrected chi connectivity index (χ4v) is 1.89. The van der Waals surface area contributed by atoms with Crippen LogP contribution in [0.15, 0.2) is 18.2 Å². The van der Waals surface area contributed by atoms with Gasteiger partial charge in [0.25, 0.3) is 0 Å². The number of halogens is 1. The number of fused-ring (bicyclic) bond motifs is 1. The van der Waals surface area contributed by atoms with Gasteiger partial charge in [-0.1, -0.05) is 0 Å². The van der Waals surface area contributed by atoms with E-state index in [1.54, 1.807) is 0 Å². The van der Waals surface area contributed by atoms with Crippen LogP contribution < -0.4 is 0 Å². The highest BCUT2D eigenvalue weighted by molar-refractivity contribution is 6.65. The van der Waals surface area contributed by atoms with Gasteiger partial charge in [0, 0.05) is 12.0 Å². The van der Waals surface area contributed by atoms with Gasteiger partial charge in [-0.15, -0.1) is 0 Å². The van der Waals surface area contributed by atoms with E-state index in [0.717, 1.165) is 0 Å². The molecule has 0 aromatic heterocycles. The van der Waals surface area contributed by atoms with Crippen LogP contribution >= 0.6 is 11.6 Å². The standard InChI is InChI=1S/C10H7ClO3/c11-10(14)8-4-9(13)6-2-1-5(12)3-7(6)8/h1-3,8,12H,4H2. The summed E-state index contributed by atoms with van der Waals surface area (Å²) in [7, 11) is 0. The van der Waals surface area contributed by atoms with Crippen LogP contribution in [0.25, 0.3) is 0 Å². The molecular weight excluding hydrogens is 204 g/mol. The molecule has 0 aliphatic heterocycles. The van der Waals surface area contributed by atoms with Crippen molar-refractivity contribution in [3.63, 3.8) is 0 Å². The Balaban J connectivity index is 2.56. The van der Waals surface area contributed by atoms with E-state index >= 15 is 0 Å². The highest BCUT2D eigenvalue weighted by Crippen LogP contribution is 2.36. The average Bonchev–Trinajstić information content (AvgIpc) is 2.43. The van der Waals surface area contributed by atoms with E-state index in [1.807, 2.05) is 0 Å². The van der Waals surface area contributed by atoms with E-state index in [2.05, 4.69) is 0 Å². The van der Waals surface area contributed by atoms with Crippen molar-refractivity contribution in [2.75, 3.05) is 0 Å². The minimum Gasteiger partial charge on any atom is -0.508 e. The van der Waals surface area contributed by atoms with Crippen molar-refractivity contribution >= 4 is 22.6 Å². The first kappa shape index (κ1) is 9.21. The lowest BCUT2D eigenvalue weighted by atomic mass is 10.0. The van der Waals surface area contributed by atoms with E-state index in [0.29, 0.717) is 11.1 Å². The molecule has 2 rings (SSSR count). The largest absolute Gasteiger partial charge is 0.508 e. The lowest BCUT2D eigenvalue weighted by Gasteiger charge is -2.04. The molecule has 0 spiro atoms. The van der Waals surface area contributed by atoms with Crippen LogP contribution in [0.1, 0.15) is 28.3 Å². The monoisotopic (exact) mass is 210 g/mol. The summed E-state index contributed by atoms with van der Waals surface area (Å²) >= 11 is 5.36. The number of carbonyl (C=O) groups is 2. The van der Waals surface area contributed by atoms with Gasteiger partial charge in [-0.25, -0.2) is 0 Å². The molecule has 1 aliphatic carbocycles. The second kappa shape index (κ2) is 3.10. The molecule has 0 saturated heterocycles. The van der Waals surface area contributed by atoms with E-state index < -0.39 is 11.2 Å². The quantitative estimate of drug-likeness (QED) is 0.720. The van der Waals surface area contributed by atoms with Crippen molar-refractivity contribution in [3.8, 4) is 5.75 Å². The van der Waals surface area contributed by atoms with Crippen LogP contribution in [-0.2, 0) is 4.79 Å². The first-order valence-electron chi connectivity index (χ1n) is 4.15. The molecule has 1 aromatic carbocycles. The van der Waals surface area contributed by atoms with Crippen LogP contribution in [0.3, 0.4) is 0 Å². The van der Waals surface area contributed by atoms with Crippen LogP contribution in [0.5, 0.6) is 5.75 Å². The molecule has 72 valence electrons. The van der Waals surface area contributed by atoms with Gasteiger partial charge in [0.1, 0.15) is 5.75 Å². The van der Waals surface area contributed by atoms with E-state index in [1.165, 1.54) is 18.2 Å². The molecule has 0 fully saturated rings. The van der Waals surface area contributed by atoms with Crippen molar-refractivity contribution in [1.29, 1.82) is 0 Å². The number of hydrogen-bond acceptors (Lipinski definition) is 3.